The zero-order chi connectivity index (χ0) is 7.03. The molecule has 0 unspecified atom stereocenters. The Bertz CT molecular complexity index is 215. The van der Waals surface area contributed by atoms with Crippen LogP contribution in [-0.2, 0) is 5.60 Å². The molecule has 1 aromatic rings. The van der Waals surface area contributed by atoms with Gasteiger partial charge in [0.25, 0.3) is 0 Å². The maximum absolute atomic E-state index is 9.61. The summed E-state index contributed by atoms with van der Waals surface area (Å²) in [4.78, 5) is 6.84. The van der Waals surface area contributed by atoms with Gasteiger partial charge < -0.3 is 15.4 Å². The molecular weight excluding hydrogens is 130 g/mol. The van der Waals surface area contributed by atoms with Crippen molar-refractivity contribution in [3.8, 4) is 0 Å². The Labute approximate surface area is 58.3 Å². The van der Waals surface area contributed by atoms with Gasteiger partial charge in [0, 0.05) is 25.5 Å². The van der Waals surface area contributed by atoms with Crippen molar-refractivity contribution in [3.63, 3.8) is 0 Å². The predicted octanol–water partition coefficient (Wildman–Crippen LogP) is -0.800. The molecule has 0 saturated carbocycles. The zero-order valence-corrected chi connectivity index (χ0v) is 5.46. The number of aromatic nitrogens is 2. The summed E-state index contributed by atoms with van der Waals surface area (Å²) in [6.45, 7) is 1.20. The molecule has 54 valence electrons. The van der Waals surface area contributed by atoms with Crippen molar-refractivity contribution in [1.82, 2.24) is 15.3 Å². The molecule has 3 N–H and O–H groups in total. The minimum Gasteiger partial charge on any atom is -0.379 e. The van der Waals surface area contributed by atoms with Crippen LogP contribution < -0.4 is 5.32 Å². The molecule has 0 spiro atoms. The molecule has 1 aliphatic rings. The second-order valence-electron chi connectivity index (χ2n) is 2.57. The van der Waals surface area contributed by atoms with E-state index in [-0.39, 0.29) is 0 Å². The van der Waals surface area contributed by atoms with Crippen molar-refractivity contribution in [2.75, 3.05) is 13.1 Å². The molecule has 2 rings (SSSR count). The van der Waals surface area contributed by atoms with Crippen LogP contribution in [-0.4, -0.2) is 28.2 Å². The normalized spacial score (nSPS) is 22.1. The van der Waals surface area contributed by atoms with Crippen LogP contribution in [0.3, 0.4) is 0 Å². The van der Waals surface area contributed by atoms with Crippen molar-refractivity contribution in [2.45, 2.75) is 5.60 Å². The van der Waals surface area contributed by atoms with E-state index in [0.29, 0.717) is 18.9 Å². The van der Waals surface area contributed by atoms with Gasteiger partial charge in [-0.3, -0.25) is 0 Å². The fraction of sp³-hybridized carbons (Fsp3) is 0.500. The summed E-state index contributed by atoms with van der Waals surface area (Å²) >= 11 is 0. The largest absolute Gasteiger partial charge is 0.379 e. The summed E-state index contributed by atoms with van der Waals surface area (Å²) in [7, 11) is 0. The first-order chi connectivity index (χ1) is 4.81. The highest BCUT2D eigenvalue weighted by atomic mass is 16.3. The van der Waals surface area contributed by atoms with Crippen LogP contribution in [0, 0.1) is 0 Å². The number of nitrogens with zero attached hydrogens (tertiary/aromatic N) is 1. The average molecular weight is 139 g/mol. The number of rotatable bonds is 1. The number of hydrogen-bond donors (Lipinski definition) is 3. The Morgan fingerprint density at radius 1 is 1.60 bits per heavy atom. The maximum Gasteiger partial charge on any atom is 0.147 e. The Balaban J connectivity index is 2.27. The van der Waals surface area contributed by atoms with Crippen LogP contribution in [0.15, 0.2) is 12.4 Å². The van der Waals surface area contributed by atoms with Gasteiger partial charge in [0.2, 0.25) is 0 Å². The average Bonchev–Trinajstić information content (AvgIpc) is 2.33. The monoisotopic (exact) mass is 139 g/mol. The van der Waals surface area contributed by atoms with Crippen molar-refractivity contribution >= 4 is 0 Å². The van der Waals surface area contributed by atoms with Gasteiger partial charge in [-0.05, 0) is 0 Å². The minimum absolute atomic E-state index is 0.598. The maximum atomic E-state index is 9.61. The smallest absolute Gasteiger partial charge is 0.147 e. The van der Waals surface area contributed by atoms with Crippen LogP contribution in [0.4, 0.5) is 0 Å². The molecular formula is C6H9N3O. The molecule has 0 aliphatic carbocycles. The Morgan fingerprint density at radius 2 is 2.40 bits per heavy atom. The summed E-state index contributed by atoms with van der Waals surface area (Å²) < 4.78 is 0. The van der Waals surface area contributed by atoms with E-state index in [0.717, 1.165) is 0 Å². The van der Waals surface area contributed by atoms with E-state index in [2.05, 4.69) is 15.3 Å². The van der Waals surface area contributed by atoms with E-state index in [1.54, 1.807) is 12.4 Å². The van der Waals surface area contributed by atoms with Crippen molar-refractivity contribution in [2.24, 2.45) is 0 Å². The van der Waals surface area contributed by atoms with Gasteiger partial charge in [0.05, 0.1) is 0 Å². The fourth-order valence-corrected chi connectivity index (χ4v) is 1.05. The first-order valence-electron chi connectivity index (χ1n) is 3.24. The Hall–Kier alpha value is -0.870. The predicted molar refractivity (Wildman–Crippen MR) is 35.4 cm³/mol. The van der Waals surface area contributed by atoms with Crippen LogP contribution in [0.1, 0.15) is 5.82 Å². The van der Waals surface area contributed by atoms with E-state index in [1.165, 1.54) is 0 Å². The summed E-state index contributed by atoms with van der Waals surface area (Å²) in [5.74, 6) is 0.659. The summed E-state index contributed by atoms with van der Waals surface area (Å²) in [6, 6.07) is 0. The molecule has 0 aromatic carbocycles. The van der Waals surface area contributed by atoms with Crippen molar-refractivity contribution in [1.29, 1.82) is 0 Å². The summed E-state index contributed by atoms with van der Waals surface area (Å²) in [6.07, 6.45) is 3.36. The summed E-state index contributed by atoms with van der Waals surface area (Å²) in [5.41, 5.74) is -0.733. The number of nitrogens with one attached hydrogen (secondary N) is 2. The van der Waals surface area contributed by atoms with E-state index in [4.69, 9.17) is 0 Å². The lowest BCUT2D eigenvalue weighted by Gasteiger charge is -2.35. The number of H-pyrrole nitrogens is 1. The van der Waals surface area contributed by atoms with Gasteiger partial charge in [-0.1, -0.05) is 0 Å². The Kier molecular flexibility index (Phi) is 1.06. The molecule has 0 bridgehead atoms. The first kappa shape index (κ1) is 5.88. The number of aromatic amines is 1. The zero-order valence-electron chi connectivity index (χ0n) is 5.46. The molecule has 4 heteroatoms. The molecule has 1 aromatic heterocycles. The second kappa shape index (κ2) is 1.81. The van der Waals surface area contributed by atoms with E-state index in [9.17, 15) is 5.11 Å². The highest BCUT2D eigenvalue weighted by Crippen LogP contribution is 2.20. The highest BCUT2D eigenvalue weighted by Gasteiger charge is 2.38. The molecule has 4 nitrogen and oxygen atoms in total. The highest BCUT2D eigenvalue weighted by molar-refractivity contribution is 5.09. The van der Waals surface area contributed by atoms with Crippen molar-refractivity contribution < 1.29 is 5.11 Å². The lowest BCUT2D eigenvalue weighted by atomic mass is 9.97. The van der Waals surface area contributed by atoms with Crippen LogP contribution in [0.25, 0.3) is 0 Å². The molecule has 0 atom stereocenters. The molecule has 1 saturated heterocycles. The van der Waals surface area contributed by atoms with Crippen LogP contribution >= 0.6 is 0 Å². The van der Waals surface area contributed by atoms with Gasteiger partial charge in [-0.15, -0.1) is 0 Å². The Morgan fingerprint density at radius 3 is 2.80 bits per heavy atom. The lowest BCUT2D eigenvalue weighted by Crippen LogP contribution is -2.57. The van der Waals surface area contributed by atoms with E-state index >= 15 is 0 Å². The second-order valence-corrected chi connectivity index (χ2v) is 2.57. The standard InChI is InChI=1S/C6H9N3O/c10-6(3-7-4-6)5-8-1-2-9-5/h1-2,7,10H,3-4H2,(H,8,9). The third kappa shape index (κ3) is 0.661. The molecule has 1 fully saturated rings. The van der Waals surface area contributed by atoms with Gasteiger partial charge in [-0.2, -0.15) is 0 Å². The van der Waals surface area contributed by atoms with Gasteiger partial charge in [0.1, 0.15) is 11.4 Å². The molecule has 0 amide bonds. The SMILES string of the molecule is OC1(c2ncc[nH]2)CNC1. The minimum atomic E-state index is -0.733. The quantitative estimate of drug-likeness (QED) is 0.477. The lowest BCUT2D eigenvalue weighted by molar-refractivity contribution is -0.0220. The van der Waals surface area contributed by atoms with Gasteiger partial charge in [0.15, 0.2) is 0 Å². The molecule has 10 heavy (non-hydrogen) atoms. The third-order valence-electron chi connectivity index (χ3n) is 1.77. The van der Waals surface area contributed by atoms with Crippen LogP contribution in [0.5, 0.6) is 0 Å². The molecule has 2 heterocycles. The van der Waals surface area contributed by atoms with E-state index < -0.39 is 5.60 Å². The fourth-order valence-electron chi connectivity index (χ4n) is 1.05. The van der Waals surface area contributed by atoms with Crippen LogP contribution in [0.2, 0.25) is 0 Å². The van der Waals surface area contributed by atoms with Gasteiger partial charge >= 0.3 is 0 Å². The van der Waals surface area contributed by atoms with E-state index in [1.807, 2.05) is 0 Å². The number of aliphatic hydroxyl groups is 1. The first-order valence-corrected chi connectivity index (χ1v) is 3.24. The van der Waals surface area contributed by atoms with Gasteiger partial charge in [-0.25, -0.2) is 4.98 Å². The molecule has 0 radical (unpaired) electrons. The number of imidazole rings is 1. The molecule has 1 aliphatic heterocycles. The van der Waals surface area contributed by atoms with Crippen molar-refractivity contribution in [3.05, 3.63) is 18.2 Å². The summed E-state index contributed by atoms with van der Waals surface area (Å²) in [5, 5.41) is 12.6. The third-order valence-corrected chi connectivity index (χ3v) is 1.77. The topological polar surface area (TPSA) is 60.9 Å². The number of hydrogen-bond acceptors (Lipinski definition) is 3. The number of β-amino-alcohol motifs (C(OH)–C–C–N with tert-alkyl or cyclic N) is 1.